The Labute approximate surface area is 184 Å². The number of allylic oxidation sites excluding steroid dienone is 2. The number of pyridine rings is 2. The average molecular weight is 430 g/mol. The molecule has 0 saturated heterocycles. The first-order valence-corrected chi connectivity index (χ1v) is 10.6. The van der Waals surface area contributed by atoms with Crippen molar-refractivity contribution >= 4 is 17.1 Å². The number of fused-ring (bicyclic) bond motifs is 4. The van der Waals surface area contributed by atoms with E-state index in [9.17, 15) is 19.1 Å². The Morgan fingerprint density at radius 1 is 1.16 bits per heavy atom. The Morgan fingerprint density at radius 3 is 2.56 bits per heavy atom. The molecule has 1 aromatic carbocycles. The van der Waals surface area contributed by atoms with Gasteiger partial charge in [-0.15, -0.1) is 0 Å². The molecule has 3 aromatic rings. The normalized spacial score (nSPS) is 17.1. The Hall–Kier alpha value is -3.54. The molecular formula is C26H23FN2O3. The van der Waals surface area contributed by atoms with E-state index in [2.05, 4.69) is 31.8 Å². The smallest absolute Gasteiger partial charge is 0.341 e. The van der Waals surface area contributed by atoms with Gasteiger partial charge < -0.3 is 9.67 Å². The predicted molar refractivity (Wildman–Crippen MR) is 121 cm³/mol. The second kappa shape index (κ2) is 6.99. The van der Waals surface area contributed by atoms with Gasteiger partial charge in [-0.2, -0.15) is 0 Å². The van der Waals surface area contributed by atoms with Crippen molar-refractivity contribution in [2.45, 2.75) is 39.7 Å². The molecule has 6 heteroatoms. The van der Waals surface area contributed by atoms with Crippen LogP contribution in [0.3, 0.4) is 0 Å². The van der Waals surface area contributed by atoms with Crippen molar-refractivity contribution in [2.75, 3.05) is 0 Å². The van der Waals surface area contributed by atoms with Gasteiger partial charge in [0.25, 0.3) is 0 Å². The maximum Gasteiger partial charge on any atom is 0.341 e. The van der Waals surface area contributed by atoms with Crippen LogP contribution in [0.4, 0.5) is 4.39 Å². The first-order valence-electron chi connectivity index (χ1n) is 10.6. The lowest BCUT2D eigenvalue weighted by atomic mass is 9.78. The van der Waals surface area contributed by atoms with Crippen LogP contribution in [0.5, 0.6) is 0 Å². The summed E-state index contributed by atoms with van der Waals surface area (Å²) in [5.41, 5.74) is 6.03. The number of carboxylic acid groups (broad SMARTS) is 1. The molecule has 0 bridgehead atoms. The molecule has 3 heterocycles. The van der Waals surface area contributed by atoms with Gasteiger partial charge in [-0.1, -0.05) is 39.0 Å². The molecule has 1 atom stereocenters. The monoisotopic (exact) mass is 430 g/mol. The van der Waals surface area contributed by atoms with Crippen LogP contribution >= 0.6 is 0 Å². The Kier molecular flexibility index (Phi) is 4.45. The predicted octanol–water partition coefficient (Wildman–Crippen LogP) is 5.21. The number of aromatic carboxylic acids is 1. The zero-order valence-corrected chi connectivity index (χ0v) is 18.1. The molecule has 1 N–H and O–H groups in total. The summed E-state index contributed by atoms with van der Waals surface area (Å²) in [6.07, 6.45) is 4.07. The van der Waals surface area contributed by atoms with Crippen LogP contribution in [0.15, 0.2) is 53.6 Å². The third-order valence-corrected chi connectivity index (χ3v) is 6.57. The fraction of sp³-hybridized carbons (Fsp3) is 0.269. The van der Waals surface area contributed by atoms with Gasteiger partial charge >= 0.3 is 5.97 Å². The molecule has 2 aromatic heterocycles. The number of hydrogen-bond acceptors (Lipinski definition) is 3. The molecule has 1 aliphatic heterocycles. The summed E-state index contributed by atoms with van der Waals surface area (Å²) in [4.78, 5) is 28.5. The molecule has 0 amide bonds. The number of nitrogens with zero attached hydrogens (tertiary/aromatic N) is 2. The van der Waals surface area contributed by atoms with E-state index in [1.54, 1.807) is 6.07 Å². The maximum absolute atomic E-state index is 13.4. The molecule has 32 heavy (non-hydrogen) atoms. The van der Waals surface area contributed by atoms with E-state index in [0.29, 0.717) is 12.1 Å². The summed E-state index contributed by atoms with van der Waals surface area (Å²) < 4.78 is 15.4. The summed E-state index contributed by atoms with van der Waals surface area (Å²) in [5.74, 6) is -1.59. The van der Waals surface area contributed by atoms with E-state index in [1.807, 2.05) is 16.7 Å². The number of halogens is 1. The highest BCUT2D eigenvalue weighted by Gasteiger charge is 2.38. The van der Waals surface area contributed by atoms with Crippen molar-refractivity contribution in [2.24, 2.45) is 5.41 Å². The van der Waals surface area contributed by atoms with Crippen molar-refractivity contribution in [3.8, 4) is 11.3 Å². The van der Waals surface area contributed by atoms with Crippen molar-refractivity contribution in [1.82, 2.24) is 9.55 Å². The van der Waals surface area contributed by atoms with Crippen molar-refractivity contribution < 1.29 is 14.3 Å². The minimum atomic E-state index is -1.21. The highest BCUT2D eigenvalue weighted by molar-refractivity contribution is 6.00. The molecule has 0 radical (unpaired) electrons. The van der Waals surface area contributed by atoms with Gasteiger partial charge in [-0.25, -0.2) is 9.18 Å². The van der Waals surface area contributed by atoms with E-state index in [0.717, 1.165) is 34.4 Å². The molecule has 0 unspecified atom stereocenters. The molecule has 162 valence electrons. The van der Waals surface area contributed by atoms with Gasteiger partial charge in [-0.05, 0) is 46.2 Å². The van der Waals surface area contributed by atoms with E-state index < -0.39 is 11.4 Å². The summed E-state index contributed by atoms with van der Waals surface area (Å²) >= 11 is 0. The molecule has 2 aliphatic rings. The largest absolute Gasteiger partial charge is 0.477 e. The highest BCUT2D eigenvalue weighted by Crippen LogP contribution is 2.51. The number of hydrogen-bond donors (Lipinski definition) is 1. The minimum absolute atomic E-state index is 0.00602. The standard InChI is InChI=1S/C26H23FN2O3/c1-26(2,3)24-10-18-15-5-4-6-16(21-8-7-14(27)12-28-21)17(15)9-19(18)22-11-23(30)20(25(31)32)13-29(22)24/h4-8,11-13,24H,9-10H2,1-3H3,(H,31,32)/t24-/m0/s1. The van der Waals surface area contributed by atoms with Gasteiger partial charge in [0.15, 0.2) is 5.43 Å². The average Bonchev–Trinajstić information content (AvgIpc) is 3.11. The number of aromatic nitrogens is 2. The van der Waals surface area contributed by atoms with Crippen molar-refractivity contribution in [1.29, 1.82) is 0 Å². The van der Waals surface area contributed by atoms with Crippen LogP contribution in [0.2, 0.25) is 0 Å². The third kappa shape index (κ3) is 3.09. The summed E-state index contributed by atoms with van der Waals surface area (Å²) in [6.45, 7) is 6.38. The lowest BCUT2D eigenvalue weighted by molar-refractivity contribution is 0.0693. The van der Waals surface area contributed by atoms with Crippen LogP contribution < -0.4 is 5.43 Å². The van der Waals surface area contributed by atoms with Gasteiger partial charge in [0.2, 0.25) is 0 Å². The number of carbonyl (C=O) groups is 1. The van der Waals surface area contributed by atoms with Crippen molar-refractivity contribution in [3.63, 3.8) is 0 Å². The first kappa shape index (κ1) is 20.4. The number of rotatable bonds is 2. The summed E-state index contributed by atoms with van der Waals surface area (Å²) in [6, 6.07) is 10.6. The Balaban J connectivity index is 1.71. The first-order chi connectivity index (χ1) is 15.1. The van der Waals surface area contributed by atoms with Crippen LogP contribution in [-0.2, 0) is 6.42 Å². The molecular weight excluding hydrogens is 407 g/mol. The van der Waals surface area contributed by atoms with Crippen LogP contribution in [0.1, 0.15) is 60.4 Å². The van der Waals surface area contributed by atoms with E-state index in [1.165, 1.54) is 30.1 Å². The third-order valence-electron chi connectivity index (χ3n) is 6.57. The molecule has 5 nitrogen and oxygen atoms in total. The zero-order chi connectivity index (χ0) is 22.8. The van der Waals surface area contributed by atoms with Crippen LogP contribution in [0.25, 0.3) is 22.4 Å². The zero-order valence-electron chi connectivity index (χ0n) is 18.1. The second-order valence-electron chi connectivity index (χ2n) is 9.56. The quantitative estimate of drug-likeness (QED) is 0.606. The fourth-order valence-corrected chi connectivity index (χ4v) is 4.98. The van der Waals surface area contributed by atoms with E-state index in [-0.39, 0.29) is 22.8 Å². The maximum atomic E-state index is 13.4. The van der Waals surface area contributed by atoms with Gasteiger partial charge in [-0.3, -0.25) is 9.78 Å². The summed E-state index contributed by atoms with van der Waals surface area (Å²) in [5, 5.41) is 9.51. The van der Waals surface area contributed by atoms with E-state index >= 15 is 0 Å². The second-order valence-corrected chi connectivity index (χ2v) is 9.56. The number of benzene rings is 1. The summed E-state index contributed by atoms with van der Waals surface area (Å²) in [7, 11) is 0. The van der Waals surface area contributed by atoms with Gasteiger partial charge in [0.1, 0.15) is 11.4 Å². The fourth-order valence-electron chi connectivity index (χ4n) is 4.98. The molecule has 0 fully saturated rings. The molecule has 1 aliphatic carbocycles. The Bertz CT molecular complexity index is 1360. The molecule has 0 saturated carbocycles. The highest BCUT2D eigenvalue weighted by atomic mass is 19.1. The Morgan fingerprint density at radius 2 is 1.91 bits per heavy atom. The molecule has 0 spiro atoms. The lowest BCUT2D eigenvalue weighted by Crippen LogP contribution is -2.32. The van der Waals surface area contributed by atoms with Crippen molar-refractivity contribution in [3.05, 3.63) is 87.2 Å². The number of carboxylic acids is 1. The van der Waals surface area contributed by atoms with E-state index in [4.69, 9.17) is 0 Å². The van der Waals surface area contributed by atoms with Crippen LogP contribution in [0, 0.1) is 11.2 Å². The molecule has 5 rings (SSSR count). The SMILES string of the molecule is CC(C)(C)[C@@H]1CC2=C(Cc3c2cccc3-c2ccc(F)cn2)c2cc(=O)c(C(=O)O)cn21. The topological polar surface area (TPSA) is 72.2 Å². The van der Waals surface area contributed by atoms with Gasteiger partial charge in [0, 0.05) is 36.0 Å². The lowest BCUT2D eigenvalue weighted by Gasteiger charge is -2.39. The minimum Gasteiger partial charge on any atom is -0.477 e. The van der Waals surface area contributed by atoms with Crippen LogP contribution in [-0.4, -0.2) is 20.6 Å². The van der Waals surface area contributed by atoms with Gasteiger partial charge in [0.05, 0.1) is 11.9 Å².